The molecule has 3 N–H and O–H groups in total. The Morgan fingerprint density at radius 2 is 0.802 bits per heavy atom. The van der Waals surface area contributed by atoms with Gasteiger partial charge >= 0.3 is 36.4 Å². The number of nitrogens with zero attached hydrogens (tertiary/aromatic N) is 14. The molecule has 6 bridgehead atoms. The Bertz CT molecular complexity index is 6560. The van der Waals surface area contributed by atoms with Gasteiger partial charge in [-0.1, -0.05) is 35.4 Å². The summed E-state index contributed by atoms with van der Waals surface area (Å²) in [5.74, 6) is 1.74. The van der Waals surface area contributed by atoms with Crippen molar-refractivity contribution in [2.24, 2.45) is 70.8 Å². The van der Waals surface area contributed by atoms with Crippen LogP contribution in [0.25, 0.3) is 81.4 Å². The predicted molar refractivity (Wildman–Crippen MR) is 438 cm³/mol. The first-order valence-electron chi connectivity index (χ1n) is 40.0. The number of esters is 3. The Morgan fingerprint density at radius 1 is 0.460 bits per heavy atom. The first kappa shape index (κ1) is 90.1. The number of ether oxygens (including phenoxy) is 3. The average molecular weight is 1800 g/mol. The normalized spacial score (nSPS) is 22.1. The van der Waals surface area contributed by atoms with Gasteiger partial charge in [-0.3, -0.25) is 24.4 Å². The summed E-state index contributed by atoms with van der Waals surface area (Å²) in [6, 6.07) is 14.4. The number of fused-ring (bicyclic) bond motifs is 12. The number of carbonyl (C=O) groups excluding carboxylic acids is 3. The van der Waals surface area contributed by atoms with Crippen LogP contribution in [0.2, 0.25) is 0 Å². The first-order valence-corrected chi connectivity index (χ1v) is 44.7. The predicted octanol–water partition coefficient (Wildman–Crippen LogP) is 16.7. The van der Waals surface area contributed by atoms with Crippen LogP contribution in [0.4, 0.5) is 56.6 Å². The van der Waals surface area contributed by atoms with Gasteiger partial charge in [-0.2, -0.15) is 39.5 Å². The molecular weight excluding hydrogens is 1720 g/mol. The van der Waals surface area contributed by atoms with E-state index < -0.39 is 70.3 Å². The highest BCUT2D eigenvalue weighted by Crippen LogP contribution is 2.53. The van der Waals surface area contributed by atoms with Crippen molar-refractivity contribution in [3.63, 3.8) is 0 Å². The molecule has 9 heterocycles. The van der Waals surface area contributed by atoms with E-state index in [9.17, 15) is 79.2 Å². The van der Waals surface area contributed by atoms with Gasteiger partial charge in [0.15, 0.2) is 11.3 Å². The van der Waals surface area contributed by atoms with Gasteiger partial charge in [-0.05, 0) is 181 Å². The van der Waals surface area contributed by atoms with E-state index in [0.717, 1.165) is 122 Å². The zero-order chi connectivity index (χ0) is 90.6. The maximum atomic E-state index is 13.8. The molecule has 40 heteroatoms. The van der Waals surface area contributed by atoms with Gasteiger partial charge in [0.25, 0.3) is 20.0 Å². The summed E-state index contributed by atoms with van der Waals surface area (Å²) >= 11 is 0. The molecule has 9 saturated carbocycles. The molecule has 0 amide bonds. The number of aryl methyl sites for hydroxylation is 2. The van der Waals surface area contributed by atoms with Crippen molar-refractivity contribution in [1.29, 1.82) is 0 Å². The van der Waals surface area contributed by atoms with Gasteiger partial charge in [0, 0.05) is 114 Å². The summed E-state index contributed by atoms with van der Waals surface area (Å²) in [7, 11) is -8.37. The van der Waals surface area contributed by atoms with Crippen molar-refractivity contribution in [2.75, 3.05) is 27.6 Å². The molecule has 9 aliphatic carbocycles. The molecule has 0 spiro atoms. The number of pyridine rings is 3. The molecule has 6 atom stereocenters. The van der Waals surface area contributed by atoms with Crippen molar-refractivity contribution < 1.29 is 93.4 Å². The molecule has 11 aromatic rings. The van der Waals surface area contributed by atoms with Gasteiger partial charge in [0.05, 0.1) is 102 Å². The number of rotatable bonds is 15. The quantitative estimate of drug-likeness (QED) is 0.0316. The Labute approximate surface area is 716 Å². The summed E-state index contributed by atoms with van der Waals surface area (Å²) in [6.07, 6.45) is 9.21. The summed E-state index contributed by atoms with van der Waals surface area (Å²) in [5, 5.41) is -0.872. The molecular formula is C86H81F9N16O12S3. The molecule has 2 aromatic carbocycles. The fourth-order valence-corrected chi connectivity index (χ4v) is 21.9. The number of hydrogen-bond donors (Lipinski definition) is 2. The lowest BCUT2D eigenvalue weighted by Gasteiger charge is -2.47. The third kappa shape index (κ3) is 17.9. The van der Waals surface area contributed by atoms with E-state index in [0.29, 0.717) is 70.2 Å². The number of nitrogens with two attached hydrogens (primary N) is 1. The summed E-state index contributed by atoms with van der Waals surface area (Å²) in [4.78, 5) is 86.7. The fourth-order valence-electron chi connectivity index (χ4n) is 18.8. The number of benzene rings is 2. The van der Waals surface area contributed by atoms with Crippen LogP contribution in [0.3, 0.4) is 0 Å². The molecule has 126 heavy (non-hydrogen) atoms. The Hall–Kier alpha value is -12.2. The van der Waals surface area contributed by atoms with Crippen molar-refractivity contribution in [3.8, 4) is 33.8 Å². The number of halogens is 9. The molecule has 0 unspecified atom stereocenters. The molecule has 9 fully saturated rings. The Balaban J connectivity index is 0.000000144. The van der Waals surface area contributed by atoms with Gasteiger partial charge < -0.3 is 24.9 Å². The van der Waals surface area contributed by atoms with Crippen LogP contribution in [-0.4, -0.2) is 135 Å². The minimum absolute atomic E-state index is 0.00128. The second-order valence-electron chi connectivity index (χ2n) is 32.3. The number of nitrogens with one attached hydrogen (secondary N) is 1. The van der Waals surface area contributed by atoms with Crippen LogP contribution in [0.15, 0.2) is 137 Å². The number of H-pyrrole nitrogens is 1. The maximum Gasteiger partial charge on any atom is 0.417 e. The van der Waals surface area contributed by atoms with E-state index in [-0.39, 0.29) is 159 Å². The average Bonchev–Trinajstić information content (AvgIpc) is 1.57. The summed E-state index contributed by atoms with van der Waals surface area (Å²) < 4.78 is 216. The summed E-state index contributed by atoms with van der Waals surface area (Å²) in [5.41, 5.74) is 4.02. The van der Waals surface area contributed by atoms with Gasteiger partial charge in [-0.25, -0.2) is 82.6 Å². The van der Waals surface area contributed by atoms with E-state index in [2.05, 4.69) is 64.4 Å². The monoisotopic (exact) mass is 1800 g/mol. The van der Waals surface area contributed by atoms with Crippen LogP contribution in [0, 0.1) is 98.7 Å². The molecule has 658 valence electrons. The molecule has 0 aliphatic heterocycles. The number of sulfone groups is 1. The number of carbonyl (C=O) groups is 3. The van der Waals surface area contributed by atoms with Crippen LogP contribution in [-0.2, 0) is 89.8 Å². The highest BCUT2D eigenvalue weighted by molar-refractivity contribution is 7.90. The third-order valence-corrected chi connectivity index (χ3v) is 29.2. The van der Waals surface area contributed by atoms with Crippen LogP contribution in [0.1, 0.15) is 117 Å². The number of aromatic amines is 1. The van der Waals surface area contributed by atoms with Gasteiger partial charge in [0.1, 0.15) is 17.3 Å². The van der Waals surface area contributed by atoms with E-state index >= 15 is 0 Å². The van der Waals surface area contributed by atoms with Crippen molar-refractivity contribution in [2.45, 2.75) is 143 Å². The van der Waals surface area contributed by atoms with Gasteiger partial charge in [0.2, 0.25) is 32.1 Å². The minimum atomic E-state index is -4.80. The Kier molecular flexibility index (Phi) is 25.3. The van der Waals surface area contributed by atoms with E-state index in [1.807, 2.05) is 0 Å². The number of hydrogen-bond acceptors (Lipinski definition) is 22. The van der Waals surface area contributed by atoms with E-state index in [1.54, 1.807) is 38.1 Å². The summed E-state index contributed by atoms with van der Waals surface area (Å²) in [6.45, 7) is 26.2. The lowest BCUT2D eigenvalue weighted by molar-refractivity contribution is -0.156. The highest BCUT2D eigenvalue weighted by Gasteiger charge is 2.51. The molecule has 0 radical (unpaired) electrons. The van der Waals surface area contributed by atoms with Crippen LogP contribution < -0.4 is 5.73 Å². The number of methoxy groups -OCH3 is 3. The van der Waals surface area contributed by atoms with Crippen LogP contribution in [0.5, 0.6) is 0 Å². The van der Waals surface area contributed by atoms with Crippen LogP contribution >= 0.6 is 0 Å². The first-order chi connectivity index (χ1) is 59.7. The second-order valence-corrected chi connectivity index (χ2v) is 37.9. The Morgan fingerprint density at radius 3 is 1.17 bits per heavy atom. The maximum absolute atomic E-state index is 13.8. The standard InChI is InChI=1S/C31H28F3N5O4S.C24H22F3N5O2.C21H14F3N5O4S2.C10H17NO2/c1-17-4-10-21(11-5-17)44(41,42)39-16-24(23-12-20(31(32,33)34)14-37-29(23)39)28-25(35-2)15-36-26(38-28)13-22-18-6-8-19(9-7-18)27(22)30(40)43-3;1-28-18-11-29-19(8-15-12-3-5-13(6-4-12)20(15)23(33)34-2)32-21(18)17-10-31-22-16(17)7-14(9-30-22)24(25,26)27;1-12-4-6-14(7-5-12)35(32,33)29-11-16(15-8-13(21(22,23)24)9-26-19(15)29)18-17(25-2)10-27-20(28-18)34(3,30)31;1-13-10(12)8-6-2-4-7(5-3-6)9(8)11/h4-5,10-12,14-16,18-19,22,27H,6-9,13H2,1,3H3;7,9-13,15,20H,3-6,8H2,2H3,(H,30,31);4-11H,1,3H3;6-9H,2-5,11H2,1H3/t18?,19?,22-,27-;12?,13?,15-,20-;;6?,7?,8-,9-/m00.0/s1. The molecule has 9 aliphatic rings. The minimum Gasteiger partial charge on any atom is -0.469 e. The molecule has 20 rings (SSSR count). The third-order valence-electron chi connectivity index (χ3n) is 25.1. The van der Waals surface area contributed by atoms with Crippen molar-refractivity contribution in [1.82, 2.24) is 57.8 Å². The molecule has 0 saturated heterocycles. The smallest absolute Gasteiger partial charge is 0.417 e. The zero-order valence-corrected chi connectivity index (χ0v) is 70.7. The topological polar surface area (TPSA) is 362 Å². The fraction of sp³-hybridized carbons (Fsp3) is 0.407. The van der Waals surface area contributed by atoms with Crippen molar-refractivity contribution in [3.05, 3.63) is 196 Å². The second kappa shape index (κ2) is 35.3. The zero-order valence-electron chi connectivity index (χ0n) is 68.2. The molecule has 28 nitrogen and oxygen atoms in total. The van der Waals surface area contributed by atoms with Crippen molar-refractivity contribution >= 4 is 98.0 Å². The molecule has 9 aromatic heterocycles. The SMILES string of the molecule is COC(=O)[C@H]1C2CCC(CC2)[C@@H]1N.[C-]#[N+]c1cnc(C[C@H]2C3CCC(CC3)[C@@H]2C(=O)OC)nc1-c1c[nH]c2ncc(C(F)(F)F)cc12.[C-]#[N+]c1cnc(C[C@H]2C3CCC(CC3)[C@@H]2C(=O)OC)nc1-c1cn(S(=O)(=O)c2ccc(C)cc2)c2ncc(C(F)(F)F)cc12.[C-]#[N+]c1cnc(S(C)(=O)=O)nc1-c1cn(S(=O)(=O)c2ccc(C)cc2)c2ncc(C(F)(F)F)cc12. The number of aromatic nitrogens is 12. The lowest BCUT2D eigenvalue weighted by Crippen LogP contribution is -2.52. The highest BCUT2D eigenvalue weighted by atomic mass is 32.2. The lowest BCUT2D eigenvalue weighted by atomic mass is 9.57. The number of alkyl halides is 9. The largest absolute Gasteiger partial charge is 0.469 e. The van der Waals surface area contributed by atoms with Gasteiger partial charge in [-0.15, -0.1) is 0 Å². The van der Waals surface area contributed by atoms with E-state index in [4.69, 9.17) is 39.7 Å². The van der Waals surface area contributed by atoms with E-state index in [1.165, 1.54) is 77.0 Å².